The fourth-order valence-corrected chi connectivity index (χ4v) is 3.48. The van der Waals surface area contributed by atoms with Crippen LogP contribution in [0.15, 0.2) is 19.8 Å². The van der Waals surface area contributed by atoms with Crippen LogP contribution in [0.5, 0.6) is 11.5 Å². The number of aromatic amines is 1. The van der Waals surface area contributed by atoms with E-state index in [0.717, 1.165) is 0 Å². The predicted octanol–water partition coefficient (Wildman–Crippen LogP) is 4.08. The van der Waals surface area contributed by atoms with Gasteiger partial charge in [0.15, 0.2) is 11.5 Å². The first-order valence-electron chi connectivity index (χ1n) is 7.94. The SMILES string of the molecule is CCOc1cc(-c2c(C#N)c(N)[nH]c(=O)c2C#N)c(Br)c(Br)c1OC(C)C. The molecule has 1 aromatic heterocycles. The van der Waals surface area contributed by atoms with Crippen LogP contribution < -0.4 is 20.8 Å². The number of aromatic nitrogens is 1. The molecule has 0 bridgehead atoms. The van der Waals surface area contributed by atoms with Crippen molar-refractivity contribution in [3.8, 4) is 34.8 Å². The van der Waals surface area contributed by atoms with Gasteiger partial charge in [0.25, 0.3) is 5.56 Å². The number of ether oxygens (including phenoxy) is 2. The summed E-state index contributed by atoms with van der Waals surface area (Å²) >= 11 is 6.94. The van der Waals surface area contributed by atoms with Gasteiger partial charge in [-0.2, -0.15) is 10.5 Å². The molecule has 27 heavy (non-hydrogen) atoms. The van der Waals surface area contributed by atoms with Crippen molar-refractivity contribution < 1.29 is 9.47 Å². The molecular formula is C18H16Br2N4O3. The van der Waals surface area contributed by atoms with Gasteiger partial charge in [0.2, 0.25) is 0 Å². The summed E-state index contributed by atoms with van der Waals surface area (Å²) in [7, 11) is 0. The fraction of sp³-hybridized carbons (Fsp3) is 0.278. The first-order chi connectivity index (χ1) is 12.8. The van der Waals surface area contributed by atoms with Gasteiger partial charge in [-0.3, -0.25) is 4.79 Å². The molecule has 0 saturated heterocycles. The molecule has 0 aliphatic rings. The van der Waals surface area contributed by atoms with E-state index in [9.17, 15) is 15.3 Å². The van der Waals surface area contributed by atoms with Crippen LogP contribution in [0.3, 0.4) is 0 Å². The van der Waals surface area contributed by atoms with E-state index in [1.165, 1.54) is 0 Å². The topological polar surface area (TPSA) is 125 Å². The van der Waals surface area contributed by atoms with Gasteiger partial charge in [-0.1, -0.05) is 0 Å². The lowest BCUT2D eigenvalue weighted by Gasteiger charge is -2.20. The molecular weight excluding hydrogens is 480 g/mol. The molecule has 0 fully saturated rings. The largest absolute Gasteiger partial charge is 0.490 e. The third-order valence-electron chi connectivity index (χ3n) is 3.52. The maximum absolute atomic E-state index is 12.2. The average molecular weight is 496 g/mol. The van der Waals surface area contributed by atoms with Gasteiger partial charge in [-0.05, 0) is 58.7 Å². The van der Waals surface area contributed by atoms with Crippen molar-refractivity contribution in [1.29, 1.82) is 10.5 Å². The third kappa shape index (κ3) is 3.95. The van der Waals surface area contributed by atoms with Crippen molar-refractivity contribution in [1.82, 2.24) is 4.98 Å². The van der Waals surface area contributed by atoms with E-state index >= 15 is 0 Å². The molecule has 0 spiro atoms. The van der Waals surface area contributed by atoms with Crippen LogP contribution in [-0.2, 0) is 0 Å². The second kappa shape index (κ2) is 8.47. The molecule has 1 heterocycles. The van der Waals surface area contributed by atoms with Crippen LogP contribution in [-0.4, -0.2) is 17.7 Å². The number of hydrogen-bond donors (Lipinski definition) is 2. The summed E-state index contributed by atoms with van der Waals surface area (Å²) in [6.07, 6.45) is -0.113. The van der Waals surface area contributed by atoms with Crippen molar-refractivity contribution in [3.05, 3.63) is 36.5 Å². The van der Waals surface area contributed by atoms with Gasteiger partial charge in [-0.15, -0.1) is 0 Å². The summed E-state index contributed by atoms with van der Waals surface area (Å²) in [5.41, 5.74) is 5.45. The molecule has 9 heteroatoms. The normalized spacial score (nSPS) is 10.4. The van der Waals surface area contributed by atoms with Crippen LogP contribution in [0, 0.1) is 22.7 Å². The van der Waals surface area contributed by atoms with Gasteiger partial charge < -0.3 is 20.2 Å². The van der Waals surface area contributed by atoms with E-state index in [4.69, 9.17) is 15.2 Å². The van der Waals surface area contributed by atoms with E-state index in [2.05, 4.69) is 36.8 Å². The fourth-order valence-electron chi connectivity index (χ4n) is 2.49. The smallest absolute Gasteiger partial charge is 0.268 e. The number of anilines is 1. The van der Waals surface area contributed by atoms with Gasteiger partial charge in [0.05, 0.1) is 17.2 Å². The Balaban J connectivity index is 2.95. The summed E-state index contributed by atoms with van der Waals surface area (Å²) in [5, 5.41) is 19.0. The Hall–Kier alpha value is -2.49. The number of nitriles is 2. The number of benzene rings is 1. The number of H-pyrrole nitrogens is 1. The van der Waals surface area contributed by atoms with Gasteiger partial charge >= 0.3 is 0 Å². The number of rotatable bonds is 5. The molecule has 7 nitrogen and oxygen atoms in total. The van der Waals surface area contributed by atoms with Crippen molar-refractivity contribution >= 4 is 37.7 Å². The molecule has 0 atom stereocenters. The summed E-state index contributed by atoms with van der Waals surface area (Å²) < 4.78 is 12.6. The van der Waals surface area contributed by atoms with Crippen molar-refractivity contribution in [2.24, 2.45) is 0 Å². The lowest BCUT2D eigenvalue weighted by atomic mass is 9.96. The Morgan fingerprint density at radius 3 is 2.37 bits per heavy atom. The highest BCUT2D eigenvalue weighted by molar-refractivity contribution is 9.13. The first-order valence-corrected chi connectivity index (χ1v) is 9.53. The monoisotopic (exact) mass is 494 g/mol. The zero-order chi connectivity index (χ0) is 20.3. The highest BCUT2D eigenvalue weighted by Crippen LogP contribution is 2.47. The number of nitrogens with two attached hydrogens (primary N) is 1. The minimum absolute atomic E-state index is 0.00118. The molecule has 2 aromatic rings. The Morgan fingerprint density at radius 1 is 1.22 bits per heavy atom. The van der Waals surface area contributed by atoms with Crippen molar-refractivity contribution in [2.45, 2.75) is 26.9 Å². The van der Waals surface area contributed by atoms with Crippen LogP contribution >= 0.6 is 31.9 Å². The molecule has 3 N–H and O–H groups in total. The quantitative estimate of drug-likeness (QED) is 0.643. The van der Waals surface area contributed by atoms with Gasteiger partial charge in [-0.25, -0.2) is 0 Å². The maximum Gasteiger partial charge on any atom is 0.268 e. The Morgan fingerprint density at radius 2 is 1.85 bits per heavy atom. The molecule has 0 radical (unpaired) electrons. The summed E-state index contributed by atoms with van der Waals surface area (Å²) in [6, 6.07) is 5.42. The van der Waals surface area contributed by atoms with Gasteiger partial charge in [0.1, 0.15) is 29.1 Å². The highest BCUT2D eigenvalue weighted by Gasteiger charge is 2.25. The number of nitrogens with one attached hydrogen (secondary N) is 1. The van der Waals surface area contributed by atoms with E-state index in [-0.39, 0.29) is 28.6 Å². The molecule has 0 aliphatic heterocycles. The van der Waals surface area contributed by atoms with Gasteiger partial charge in [0, 0.05) is 15.6 Å². The van der Waals surface area contributed by atoms with Crippen molar-refractivity contribution in [3.63, 3.8) is 0 Å². The lowest BCUT2D eigenvalue weighted by molar-refractivity contribution is 0.222. The molecule has 1 aromatic carbocycles. The summed E-state index contributed by atoms with van der Waals surface area (Å²) in [6.45, 7) is 5.95. The number of nitrogens with zero attached hydrogens (tertiary/aromatic N) is 2. The number of nitrogen functional groups attached to an aromatic ring is 1. The molecule has 140 valence electrons. The number of hydrogen-bond acceptors (Lipinski definition) is 6. The summed E-state index contributed by atoms with van der Waals surface area (Å²) in [5.74, 6) is 0.764. The van der Waals surface area contributed by atoms with Crippen LogP contribution in [0.25, 0.3) is 11.1 Å². The Bertz CT molecular complexity index is 1030. The van der Waals surface area contributed by atoms with E-state index < -0.39 is 5.56 Å². The second-order valence-corrected chi connectivity index (χ2v) is 7.28. The molecule has 0 amide bonds. The minimum Gasteiger partial charge on any atom is -0.490 e. The number of halogens is 2. The van der Waals surface area contributed by atoms with E-state index in [0.29, 0.717) is 32.6 Å². The first kappa shape index (κ1) is 20.8. The molecule has 0 saturated carbocycles. The number of pyridine rings is 1. The average Bonchev–Trinajstić information content (AvgIpc) is 2.60. The zero-order valence-electron chi connectivity index (χ0n) is 14.8. The van der Waals surface area contributed by atoms with Crippen LogP contribution in [0.4, 0.5) is 5.82 Å². The van der Waals surface area contributed by atoms with Crippen molar-refractivity contribution in [2.75, 3.05) is 12.3 Å². The summed E-state index contributed by atoms with van der Waals surface area (Å²) in [4.78, 5) is 14.5. The Kier molecular flexibility index (Phi) is 6.53. The molecule has 2 rings (SSSR count). The van der Waals surface area contributed by atoms with E-state index in [1.54, 1.807) is 6.07 Å². The van der Waals surface area contributed by atoms with Crippen LogP contribution in [0.2, 0.25) is 0 Å². The second-order valence-electron chi connectivity index (χ2n) is 5.70. The lowest BCUT2D eigenvalue weighted by Crippen LogP contribution is -2.16. The minimum atomic E-state index is -0.674. The standard InChI is InChI=1S/C18H16Br2N4O3/c1-4-26-12-5-9(14(19)15(20)16(12)27-8(2)3)13-10(6-21)17(23)24-18(25)11(13)7-22/h5,8H,4H2,1-3H3,(H3,23,24,25). The van der Waals surface area contributed by atoms with Crippen LogP contribution in [0.1, 0.15) is 31.9 Å². The zero-order valence-corrected chi connectivity index (χ0v) is 18.0. The third-order valence-corrected chi connectivity index (χ3v) is 5.63. The molecule has 0 unspecified atom stereocenters. The highest BCUT2D eigenvalue weighted by atomic mass is 79.9. The van der Waals surface area contributed by atoms with E-state index in [1.807, 2.05) is 32.9 Å². The predicted molar refractivity (Wildman–Crippen MR) is 109 cm³/mol. The molecule has 0 aliphatic carbocycles. The Labute approximate surface area is 173 Å². The maximum atomic E-state index is 12.2.